The van der Waals surface area contributed by atoms with Gasteiger partial charge >= 0.3 is 12.3 Å². The molecule has 1 rings (SSSR count). The molecule has 0 aliphatic carbocycles. The molecule has 1 heterocycles. The molecule has 0 N–H and O–H groups in total. The number of nitriles is 1. The number of pyridine rings is 1. The lowest BCUT2D eigenvalue weighted by molar-refractivity contribution is -0.274. The van der Waals surface area contributed by atoms with Crippen LogP contribution >= 0.6 is 0 Å². The molecule has 17 heavy (non-hydrogen) atoms. The maximum absolute atomic E-state index is 11.9. The zero-order valence-corrected chi connectivity index (χ0v) is 8.41. The fourth-order valence-corrected chi connectivity index (χ4v) is 0.952. The molecule has 0 bridgehead atoms. The van der Waals surface area contributed by atoms with Crippen LogP contribution in [0.4, 0.5) is 13.2 Å². The molecular weight excluding hydrogens is 241 g/mol. The van der Waals surface area contributed by atoms with Crippen molar-refractivity contribution in [2.24, 2.45) is 0 Å². The number of esters is 1. The lowest BCUT2D eigenvalue weighted by Gasteiger charge is -2.09. The number of carbonyl (C=O) groups excluding carboxylic acids is 1. The number of alkyl halides is 3. The van der Waals surface area contributed by atoms with E-state index >= 15 is 0 Å². The van der Waals surface area contributed by atoms with Crippen molar-refractivity contribution in [2.45, 2.75) is 6.36 Å². The van der Waals surface area contributed by atoms with E-state index in [1.807, 2.05) is 0 Å². The number of hydrogen-bond acceptors (Lipinski definition) is 5. The predicted octanol–water partition coefficient (Wildman–Crippen LogP) is 1.64. The van der Waals surface area contributed by atoms with Gasteiger partial charge < -0.3 is 9.47 Å². The van der Waals surface area contributed by atoms with Crippen molar-refractivity contribution in [2.75, 3.05) is 7.11 Å². The van der Waals surface area contributed by atoms with Gasteiger partial charge in [-0.25, -0.2) is 9.78 Å². The first kappa shape index (κ1) is 12.8. The molecule has 0 unspecified atom stereocenters. The maximum Gasteiger partial charge on any atom is 0.573 e. The van der Waals surface area contributed by atoms with E-state index in [9.17, 15) is 18.0 Å². The van der Waals surface area contributed by atoms with Crippen molar-refractivity contribution < 1.29 is 27.4 Å². The largest absolute Gasteiger partial charge is 0.573 e. The van der Waals surface area contributed by atoms with Crippen molar-refractivity contribution >= 4 is 5.97 Å². The van der Waals surface area contributed by atoms with E-state index in [2.05, 4.69) is 14.5 Å². The monoisotopic (exact) mass is 246 g/mol. The zero-order chi connectivity index (χ0) is 13.1. The molecule has 0 radical (unpaired) electrons. The first-order valence-corrected chi connectivity index (χ1v) is 4.11. The van der Waals surface area contributed by atoms with Crippen molar-refractivity contribution in [3.8, 4) is 11.8 Å². The van der Waals surface area contributed by atoms with E-state index in [0.29, 0.717) is 6.20 Å². The lowest BCUT2D eigenvalue weighted by Crippen LogP contribution is -2.18. The molecular formula is C9H5F3N2O3. The minimum atomic E-state index is -4.93. The van der Waals surface area contributed by atoms with Crippen molar-refractivity contribution in [1.29, 1.82) is 5.26 Å². The molecule has 0 amide bonds. The molecule has 90 valence electrons. The second-order valence-electron chi connectivity index (χ2n) is 2.72. The number of carbonyl (C=O) groups is 1. The van der Waals surface area contributed by atoms with Crippen LogP contribution in [0, 0.1) is 11.3 Å². The molecule has 0 fully saturated rings. The van der Waals surface area contributed by atoms with E-state index in [-0.39, 0.29) is 5.69 Å². The van der Waals surface area contributed by atoms with Crippen molar-refractivity contribution in [1.82, 2.24) is 4.98 Å². The standard InChI is InChI=1S/C9H5F3N2O3/c1-16-8(15)6-2-5(3-13)7(4-14-6)17-9(10,11)12/h2,4H,1H3. The molecule has 0 saturated heterocycles. The third-order valence-corrected chi connectivity index (χ3v) is 1.61. The Hall–Kier alpha value is -2.30. The van der Waals surface area contributed by atoms with Crippen LogP contribution in [0.3, 0.4) is 0 Å². The minimum absolute atomic E-state index is 0.279. The molecule has 0 saturated carbocycles. The number of ether oxygens (including phenoxy) is 2. The number of halogens is 3. The predicted molar refractivity (Wildman–Crippen MR) is 47.0 cm³/mol. The van der Waals surface area contributed by atoms with Gasteiger partial charge in [0, 0.05) is 0 Å². The first-order valence-electron chi connectivity index (χ1n) is 4.11. The Morgan fingerprint density at radius 1 is 1.53 bits per heavy atom. The summed E-state index contributed by atoms with van der Waals surface area (Å²) < 4.78 is 43.7. The molecule has 1 aromatic heterocycles. The summed E-state index contributed by atoms with van der Waals surface area (Å²) in [6.07, 6.45) is -4.29. The lowest BCUT2D eigenvalue weighted by atomic mass is 10.2. The Labute approximate surface area is 93.4 Å². The van der Waals surface area contributed by atoms with Crippen LogP contribution in [-0.4, -0.2) is 24.4 Å². The number of methoxy groups -OCH3 is 1. The van der Waals surface area contributed by atoms with Crippen molar-refractivity contribution in [3.63, 3.8) is 0 Å². The molecule has 0 aromatic carbocycles. The van der Waals surface area contributed by atoms with E-state index in [4.69, 9.17) is 5.26 Å². The quantitative estimate of drug-likeness (QED) is 0.741. The molecule has 0 spiro atoms. The van der Waals surface area contributed by atoms with E-state index in [0.717, 1.165) is 13.2 Å². The van der Waals surface area contributed by atoms with Gasteiger partial charge in [-0.3, -0.25) is 0 Å². The topological polar surface area (TPSA) is 72.2 Å². The number of rotatable bonds is 2. The summed E-state index contributed by atoms with van der Waals surface area (Å²) in [4.78, 5) is 14.4. The summed E-state index contributed by atoms with van der Waals surface area (Å²) in [5, 5.41) is 8.62. The van der Waals surface area contributed by atoms with Crippen LogP contribution in [0.5, 0.6) is 5.75 Å². The third kappa shape index (κ3) is 3.34. The Kier molecular flexibility index (Phi) is 3.52. The number of nitrogens with zero attached hydrogens (tertiary/aromatic N) is 2. The molecule has 1 aromatic rings. The van der Waals surface area contributed by atoms with Crippen LogP contribution in [0.2, 0.25) is 0 Å². The second kappa shape index (κ2) is 4.69. The van der Waals surface area contributed by atoms with Gasteiger partial charge in [0.05, 0.1) is 18.9 Å². The van der Waals surface area contributed by atoms with Crippen LogP contribution in [0.1, 0.15) is 16.1 Å². The SMILES string of the molecule is COC(=O)c1cc(C#N)c(OC(F)(F)F)cn1. The molecule has 8 heteroatoms. The fourth-order valence-electron chi connectivity index (χ4n) is 0.952. The highest BCUT2D eigenvalue weighted by Gasteiger charge is 2.32. The summed E-state index contributed by atoms with van der Waals surface area (Å²) in [7, 11) is 1.08. The van der Waals surface area contributed by atoms with E-state index < -0.39 is 23.6 Å². The average Bonchev–Trinajstić information content (AvgIpc) is 2.26. The molecule has 5 nitrogen and oxygen atoms in total. The second-order valence-corrected chi connectivity index (χ2v) is 2.72. The molecule has 0 aliphatic rings. The van der Waals surface area contributed by atoms with Gasteiger partial charge in [0.15, 0.2) is 5.75 Å². The number of hydrogen-bond donors (Lipinski definition) is 0. The summed E-state index contributed by atoms with van der Waals surface area (Å²) in [5.41, 5.74) is -0.740. The summed E-state index contributed by atoms with van der Waals surface area (Å²) in [6, 6.07) is 2.32. The highest BCUT2D eigenvalue weighted by atomic mass is 19.4. The van der Waals surface area contributed by atoms with Crippen LogP contribution < -0.4 is 4.74 Å². The van der Waals surface area contributed by atoms with Gasteiger partial charge in [0.1, 0.15) is 11.8 Å². The maximum atomic E-state index is 11.9. The zero-order valence-electron chi connectivity index (χ0n) is 8.41. The van der Waals surface area contributed by atoms with Crippen LogP contribution in [-0.2, 0) is 4.74 Å². The molecule has 0 atom stereocenters. The third-order valence-electron chi connectivity index (χ3n) is 1.61. The van der Waals surface area contributed by atoms with Crippen LogP contribution in [0.15, 0.2) is 12.3 Å². The van der Waals surface area contributed by atoms with Crippen molar-refractivity contribution in [3.05, 3.63) is 23.5 Å². The van der Waals surface area contributed by atoms with E-state index in [1.165, 1.54) is 6.07 Å². The Morgan fingerprint density at radius 2 is 2.18 bits per heavy atom. The summed E-state index contributed by atoms with van der Waals surface area (Å²) >= 11 is 0. The van der Waals surface area contributed by atoms with Gasteiger partial charge in [-0.15, -0.1) is 13.2 Å². The Balaban J connectivity index is 3.11. The minimum Gasteiger partial charge on any atom is -0.464 e. The highest BCUT2D eigenvalue weighted by Crippen LogP contribution is 2.25. The number of aromatic nitrogens is 1. The van der Waals surface area contributed by atoms with Crippen LogP contribution in [0.25, 0.3) is 0 Å². The first-order chi connectivity index (χ1) is 7.87. The summed E-state index contributed by atoms with van der Waals surface area (Å²) in [5.74, 6) is -1.63. The summed E-state index contributed by atoms with van der Waals surface area (Å²) in [6.45, 7) is 0. The molecule has 0 aliphatic heterocycles. The van der Waals surface area contributed by atoms with Gasteiger partial charge in [0.2, 0.25) is 0 Å². The Morgan fingerprint density at radius 3 is 2.65 bits per heavy atom. The van der Waals surface area contributed by atoms with Gasteiger partial charge in [-0.05, 0) is 6.07 Å². The smallest absolute Gasteiger partial charge is 0.464 e. The van der Waals surface area contributed by atoms with Gasteiger partial charge in [0.25, 0.3) is 0 Å². The fraction of sp³-hybridized carbons (Fsp3) is 0.222. The van der Waals surface area contributed by atoms with E-state index in [1.54, 1.807) is 0 Å². The normalized spacial score (nSPS) is 10.5. The Bertz CT molecular complexity index is 479. The average molecular weight is 246 g/mol. The van der Waals surface area contributed by atoms with Gasteiger partial charge in [-0.2, -0.15) is 5.26 Å². The van der Waals surface area contributed by atoms with Gasteiger partial charge in [-0.1, -0.05) is 0 Å². The highest BCUT2D eigenvalue weighted by molar-refractivity contribution is 5.87.